The third-order valence-electron chi connectivity index (χ3n) is 4.75. The highest BCUT2D eigenvalue weighted by atomic mass is 16.5. The standard InChI is InChI=1S/C24H28O2/c1-6-7-16-24(3,4)21-13-10-20(17-18(21)2)9-8-19-11-14-22(25)23(26-5)15-12-19/h10-15,17H,6-7,16H2,1-5H3. The molecule has 0 aromatic heterocycles. The molecule has 26 heavy (non-hydrogen) atoms. The Morgan fingerprint density at radius 3 is 2.31 bits per heavy atom. The van der Waals surface area contributed by atoms with Gasteiger partial charge in [0.2, 0.25) is 5.43 Å². The zero-order chi connectivity index (χ0) is 19.2. The Morgan fingerprint density at radius 2 is 1.65 bits per heavy atom. The van der Waals surface area contributed by atoms with E-state index >= 15 is 0 Å². The molecule has 136 valence electrons. The van der Waals surface area contributed by atoms with Crippen molar-refractivity contribution in [1.29, 1.82) is 0 Å². The Labute approximate surface area is 157 Å². The highest BCUT2D eigenvalue weighted by Crippen LogP contribution is 2.31. The summed E-state index contributed by atoms with van der Waals surface area (Å²) < 4.78 is 5.05. The van der Waals surface area contributed by atoms with E-state index in [4.69, 9.17) is 4.74 Å². The fourth-order valence-electron chi connectivity index (χ4n) is 3.20. The van der Waals surface area contributed by atoms with Crippen LogP contribution in [0.3, 0.4) is 0 Å². The Balaban J connectivity index is 2.28. The molecule has 0 aliphatic heterocycles. The first-order chi connectivity index (χ1) is 12.4. The molecule has 0 heterocycles. The first-order valence-corrected chi connectivity index (χ1v) is 9.19. The Kier molecular flexibility index (Phi) is 6.64. The summed E-state index contributed by atoms with van der Waals surface area (Å²) in [4.78, 5) is 11.8. The predicted molar refractivity (Wildman–Crippen MR) is 109 cm³/mol. The lowest BCUT2D eigenvalue weighted by atomic mass is 9.78. The lowest BCUT2D eigenvalue weighted by Gasteiger charge is -2.27. The lowest BCUT2D eigenvalue weighted by Crippen LogP contribution is -2.18. The number of hydrogen-bond acceptors (Lipinski definition) is 2. The van der Waals surface area contributed by atoms with Crippen LogP contribution in [0.5, 0.6) is 5.75 Å². The Bertz CT molecular complexity index is 883. The van der Waals surface area contributed by atoms with Crippen LogP contribution in [-0.4, -0.2) is 7.11 Å². The van der Waals surface area contributed by atoms with Crippen molar-refractivity contribution < 1.29 is 4.74 Å². The molecule has 2 heteroatoms. The average molecular weight is 348 g/mol. The number of ether oxygens (including phenoxy) is 1. The van der Waals surface area contributed by atoms with Crippen LogP contribution in [0, 0.1) is 18.8 Å². The van der Waals surface area contributed by atoms with Gasteiger partial charge in [0.1, 0.15) is 0 Å². The van der Waals surface area contributed by atoms with Crippen LogP contribution in [0.1, 0.15) is 62.3 Å². The van der Waals surface area contributed by atoms with Gasteiger partial charge in [-0.25, -0.2) is 0 Å². The molecule has 0 amide bonds. The van der Waals surface area contributed by atoms with E-state index in [0.29, 0.717) is 5.75 Å². The second kappa shape index (κ2) is 8.72. The third kappa shape index (κ3) is 4.99. The predicted octanol–water partition coefficient (Wildman–Crippen LogP) is 5.23. The third-order valence-corrected chi connectivity index (χ3v) is 4.75. The van der Waals surface area contributed by atoms with Crippen molar-refractivity contribution in [2.45, 2.75) is 52.4 Å². The number of benzene rings is 1. The molecule has 0 atom stereocenters. The largest absolute Gasteiger partial charge is 0.493 e. The monoisotopic (exact) mass is 348 g/mol. The van der Waals surface area contributed by atoms with Crippen molar-refractivity contribution in [2.75, 3.05) is 7.11 Å². The minimum absolute atomic E-state index is 0.143. The molecule has 0 saturated heterocycles. The molecule has 0 fully saturated rings. The van der Waals surface area contributed by atoms with Gasteiger partial charge < -0.3 is 4.74 Å². The quantitative estimate of drug-likeness (QED) is 0.692. The summed E-state index contributed by atoms with van der Waals surface area (Å²) in [7, 11) is 1.49. The minimum Gasteiger partial charge on any atom is -0.493 e. The van der Waals surface area contributed by atoms with E-state index in [1.165, 1.54) is 43.6 Å². The SMILES string of the molecule is CCCCC(C)(C)c1ccc(C#Cc2ccc(OC)c(=O)cc2)cc1C. The van der Waals surface area contributed by atoms with Gasteiger partial charge in [-0.15, -0.1) is 0 Å². The molecule has 2 aromatic carbocycles. The van der Waals surface area contributed by atoms with E-state index in [0.717, 1.165) is 11.1 Å². The zero-order valence-corrected chi connectivity index (χ0v) is 16.5. The van der Waals surface area contributed by atoms with E-state index in [-0.39, 0.29) is 10.8 Å². The number of rotatable bonds is 5. The van der Waals surface area contributed by atoms with Crippen LogP contribution in [0.15, 0.2) is 47.3 Å². The molecule has 0 unspecified atom stereocenters. The molecular formula is C24H28O2. The first-order valence-electron chi connectivity index (χ1n) is 9.19. The van der Waals surface area contributed by atoms with E-state index in [9.17, 15) is 4.79 Å². The van der Waals surface area contributed by atoms with Crippen LogP contribution >= 0.6 is 0 Å². The minimum atomic E-state index is -0.143. The number of hydrogen-bond donors (Lipinski definition) is 0. The topological polar surface area (TPSA) is 26.3 Å². The van der Waals surface area contributed by atoms with Crippen molar-refractivity contribution >= 4 is 0 Å². The van der Waals surface area contributed by atoms with E-state index < -0.39 is 0 Å². The van der Waals surface area contributed by atoms with Gasteiger partial charge in [-0.05, 0) is 66.3 Å². The van der Waals surface area contributed by atoms with Crippen molar-refractivity contribution in [1.82, 2.24) is 0 Å². The summed E-state index contributed by atoms with van der Waals surface area (Å²) >= 11 is 0. The summed E-state index contributed by atoms with van der Waals surface area (Å²) in [5.74, 6) is 6.66. The molecule has 0 N–H and O–H groups in total. The molecule has 0 bridgehead atoms. The van der Waals surface area contributed by atoms with Gasteiger partial charge in [-0.3, -0.25) is 4.79 Å². The zero-order valence-electron chi connectivity index (χ0n) is 16.5. The van der Waals surface area contributed by atoms with Crippen molar-refractivity contribution in [3.05, 3.63) is 74.9 Å². The fourth-order valence-corrected chi connectivity index (χ4v) is 3.20. The summed E-state index contributed by atoms with van der Waals surface area (Å²) in [6, 6.07) is 13.1. The molecule has 2 aromatic rings. The van der Waals surface area contributed by atoms with Crippen molar-refractivity contribution in [3.63, 3.8) is 0 Å². The van der Waals surface area contributed by atoms with Gasteiger partial charge in [0, 0.05) is 11.1 Å². The molecule has 0 aliphatic carbocycles. The first kappa shape index (κ1) is 19.8. The summed E-state index contributed by atoms with van der Waals surface area (Å²) in [6.45, 7) is 9.02. The molecule has 0 spiro atoms. The van der Waals surface area contributed by atoms with Crippen LogP contribution < -0.4 is 10.2 Å². The van der Waals surface area contributed by atoms with E-state index in [1.54, 1.807) is 12.1 Å². The summed E-state index contributed by atoms with van der Waals surface area (Å²) in [5, 5.41) is 0. The second-order valence-electron chi connectivity index (χ2n) is 7.32. The molecule has 2 rings (SSSR count). The smallest absolute Gasteiger partial charge is 0.220 e. The van der Waals surface area contributed by atoms with Crippen LogP contribution in [-0.2, 0) is 5.41 Å². The maximum atomic E-state index is 11.8. The van der Waals surface area contributed by atoms with E-state index in [1.807, 2.05) is 6.07 Å². The van der Waals surface area contributed by atoms with Gasteiger partial charge >= 0.3 is 0 Å². The van der Waals surface area contributed by atoms with Gasteiger partial charge in [-0.1, -0.05) is 51.5 Å². The van der Waals surface area contributed by atoms with Gasteiger partial charge in [0.25, 0.3) is 0 Å². The van der Waals surface area contributed by atoms with Crippen LogP contribution in [0.2, 0.25) is 0 Å². The number of aryl methyl sites for hydroxylation is 1. The van der Waals surface area contributed by atoms with Gasteiger partial charge in [0.15, 0.2) is 5.75 Å². The highest BCUT2D eigenvalue weighted by Gasteiger charge is 2.21. The Morgan fingerprint density at radius 1 is 1.00 bits per heavy atom. The number of unbranched alkanes of at least 4 members (excludes halogenated alkanes) is 1. The molecule has 0 radical (unpaired) electrons. The van der Waals surface area contributed by atoms with Crippen LogP contribution in [0.25, 0.3) is 0 Å². The molecule has 0 aliphatic rings. The molecular weight excluding hydrogens is 320 g/mol. The van der Waals surface area contributed by atoms with Crippen LogP contribution in [0.4, 0.5) is 0 Å². The average Bonchev–Trinajstić information content (AvgIpc) is 2.79. The van der Waals surface area contributed by atoms with Gasteiger partial charge in [0.05, 0.1) is 7.11 Å². The Hall–Kier alpha value is -2.53. The highest BCUT2D eigenvalue weighted by molar-refractivity contribution is 5.47. The summed E-state index contributed by atoms with van der Waals surface area (Å²) in [5.41, 5.74) is 4.48. The van der Waals surface area contributed by atoms with Gasteiger partial charge in [-0.2, -0.15) is 0 Å². The maximum Gasteiger partial charge on any atom is 0.220 e. The second-order valence-corrected chi connectivity index (χ2v) is 7.32. The fraction of sp³-hybridized carbons (Fsp3) is 0.375. The maximum absolute atomic E-state index is 11.8. The number of methoxy groups -OCH3 is 1. The molecule has 2 nitrogen and oxygen atoms in total. The van der Waals surface area contributed by atoms with E-state index in [2.05, 4.69) is 57.7 Å². The normalized spacial score (nSPS) is 10.8. The lowest BCUT2D eigenvalue weighted by molar-refractivity contribution is 0.411. The summed E-state index contributed by atoms with van der Waals surface area (Å²) in [6.07, 6.45) is 3.65. The van der Waals surface area contributed by atoms with Crippen molar-refractivity contribution in [2.24, 2.45) is 0 Å². The molecule has 0 saturated carbocycles. The van der Waals surface area contributed by atoms with Crippen molar-refractivity contribution in [3.8, 4) is 17.6 Å².